The molecule has 2 aromatic rings. The van der Waals surface area contributed by atoms with Gasteiger partial charge >= 0.3 is 0 Å². The van der Waals surface area contributed by atoms with E-state index in [4.69, 9.17) is 0 Å². The molecule has 1 saturated carbocycles. The molecule has 120 valence electrons. The number of nitrogens with zero attached hydrogens (tertiary/aromatic N) is 5. The van der Waals surface area contributed by atoms with Crippen LogP contribution >= 0.6 is 0 Å². The molecule has 1 aliphatic rings. The average molecular weight is 302 g/mol. The fraction of sp³-hybridized carbons (Fsp3) is 0.688. The predicted molar refractivity (Wildman–Crippen MR) is 85.3 cm³/mol. The fourth-order valence-corrected chi connectivity index (χ4v) is 3.18. The van der Waals surface area contributed by atoms with Gasteiger partial charge in [-0.15, -0.1) is 10.2 Å². The molecule has 2 heterocycles. The van der Waals surface area contributed by atoms with Gasteiger partial charge in [-0.25, -0.2) is 0 Å². The predicted octanol–water partition coefficient (Wildman–Crippen LogP) is 2.55. The van der Waals surface area contributed by atoms with Crippen LogP contribution < -0.4 is 5.32 Å². The number of aryl methyl sites for hydroxylation is 1. The first-order valence-corrected chi connectivity index (χ1v) is 8.42. The summed E-state index contributed by atoms with van der Waals surface area (Å²) in [4.78, 5) is 0. The van der Waals surface area contributed by atoms with E-state index < -0.39 is 0 Å². The van der Waals surface area contributed by atoms with Crippen LogP contribution in [0.5, 0.6) is 0 Å². The van der Waals surface area contributed by atoms with Gasteiger partial charge in [-0.2, -0.15) is 5.10 Å². The molecular formula is C16H26N6. The molecule has 1 unspecified atom stereocenters. The Balaban J connectivity index is 1.47. The van der Waals surface area contributed by atoms with E-state index in [0.29, 0.717) is 12.1 Å². The Morgan fingerprint density at radius 1 is 1.32 bits per heavy atom. The Bertz CT molecular complexity index is 541. The molecular weight excluding hydrogens is 276 g/mol. The summed E-state index contributed by atoms with van der Waals surface area (Å²) in [5, 5.41) is 16.2. The van der Waals surface area contributed by atoms with E-state index in [1.54, 1.807) is 0 Å². The molecule has 1 aliphatic carbocycles. The van der Waals surface area contributed by atoms with Gasteiger partial charge in [0.15, 0.2) is 0 Å². The van der Waals surface area contributed by atoms with Gasteiger partial charge in [0, 0.05) is 31.0 Å². The molecule has 0 radical (unpaired) electrons. The van der Waals surface area contributed by atoms with Crippen molar-refractivity contribution >= 4 is 0 Å². The molecule has 0 amide bonds. The van der Waals surface area contributed by atoms with E-state index in [0.717, 1.165) is 25.3 Å². The highest BCUT2D eigenvalue weighted by atomic mass is 15.3. The molecule has 1 fully saturated rings. The largest absolute Gasteiger partial charge is 0.313 e. The normalized spacial score (nSPS) is 17.7. The third kappa shape index (κ3) is 3.94. The maximum atomic E-state index is 4.31. The molecule has 22 heavy (non-hydrogen) atoms. The van der Waals surface area contributed by atoms with Gasteiger partial charge < -0.3 is 9.88 Å². The van der Waals surface area contributed by atoms with E-state index in [9.17, 15) is 0 Å². The van der Waals surface area contributed by atoms with Gasteiger partial charge in [0.25, 0.3) is 0 Å². The molecule has 3 rings (SSSR count). The summed E-state index contributed by atoms with van der Waals surface area (Å²) in [6.45, 7) is 3.94. The summed E-state index contributed by atoms with van der Waals surface area (Å²) in [5.74, 6) is 1.07. The van der Waals surface area contributed by atoms with Crippen molar-refractivity contribution in [1.82, 2.24) is 29.9 Å². The number of hydrogen-bond acceptors (Lipinski definition) is 4. The number of nitrogens with one attached hydrogen (secondary N) is 1. The lowest BCUT2D eigenvalue weighted by atomic mass is 9.95. The highest BCUT2D eigenvalue weighted by Gasteiger charge is 2.18. The summed E-state index contributed by atoms with van der Waals surface area (Å²) in [6, 6.07) is 2.99. The van der Waals surface area contributed by atoms with Crippen LogP contribution in [0.2, 0.25) is 0 Å². The van der Waals surface area contributed by atoms with E-state index in [2.05, 4.69) is 32.1 Å². The van der Waals surface area contributed by atoms with Crippen LogP contribution in [0.15, 0.2) is 24.8 Å². The Labute approximate surface area is 131 Å². The van der Waals surface area contributed by atoms with E-state index >= 15 is 0 Å². The van der Waals surface area contributed by atoms with Gasteiger partial charge in [0.2, 0.25) is 0 Å². The lowest BCUT2D eigenvalue weighted by Crippen LogP contribution is -2.29. The van der Waals surface area contributed by atoms with Gasteiger partial charge in [0.05, 0.1) is 6.54 Å². The molecule has 0 saturated heterocycles. The molecule has 0 spiro atoms. The lowest BCUT2D eigenvalue weighted by Gasteiger charge is -2.24. The zero-order valence-corrected chi connectivity index (χ0v) is 13.4. The lowest BCUT2D eigenvalue weighted by molar-refractivity contribution is 0.340. The van der Waals surface area contributed by atoms with E-state index in [1.807, 2.05) is 29.5 Å². The molecule has 0 aromatic carbocycles. The Hall–Kier alpha value is -1.69. The maximum absolute atomic E-state index is 4.31. The summed E-state index contributed by atoms with van der Waals surface area (Å²) >= 11 is 0. The minimum atomic E-state index is 0.431. The summed E-state index contributed by atoms with van der Waals surface area (Å²) in [6.07, 6.45) is 13.3. The smallest absolute Gasteiger partial charge is 0.147 e. The Morgan fingerprint density at radius 3 is 2.95 bits per heavy atom. The molecule has 2 aromatic heterocycles. The molecule has 0 aliphatic heterocycles. The monoisotopic (exact) mass is 302 g/mol. The van der Waals surface area contributed by atoms with Crippen molar-refractivity contribution < 1.29 is 0 Å². The molecule has 6 nitrogen and oxygen atoms in total. The standard InChI is InChI=1S/C16H26N6/c1-14(8-11-21-10-5-9-19-21)17-12-16-20-18-13-22(16)15-6-3-2-4-7-15/h5,9-10,13-15,17H,2-4,6-8,11-12H2,1H3. The van der Waals surface area contributed by atoms with Crippen molar-refractivity contribution in [2.75, 3.05) is 0 Å². The van der Waals surface area contributed by atoms with Gasteiger partial charge in [-0.3, -0.25) is 4.68 Å². The van der Waals surface area contributed by atoms with Crippen LogP contribution in [0.1, 0.15) is 57.3 Å². The van der Waals surface area contributed by atoms with Crippen LogP contribution in [0.3, 0.4) is 0 Å². The van der Waals surface area contributed by atoms with Crippen LogP contribution in [0.25, 0.3) is 0 Å². The Kier molecular flexibility index (Phi) is 5.21. The summed E-state index contributed by atoms with van der Waals surface area (Å²) in [7, 11) is 0. The van der Waals surface area contributed by atoms with Crippen LogP contribution in [-0.4, -0.2) is 30.6 Å². The van der Waals surface area contributed by atoms with Crippen molar-refractivity contribution in [2.45, 2.75) is 70.6 Å². The van der Waals surface area contributed by atoms with Crippen LogP contribution in [-0.2, 0) is 13.1 Å². The highest BCUT2D eigenvalue weighted by molar-refractivity contribution is 4.91. The highest BCUT2D eigenvalue weighted by Crippen LogP contribution is 2.28. The minimum Gasteiger partial charge on any atom is -0.313 e. The minimum absolute atomic E-state index is 0.431. The average Bonchev–Trinajstić information content (AvgIpc) is 3.23. The second-order valence-electron chi connectivity index (χ2n) is 6.29. The molecule has 0 bridgehead atoms. The van der Waals surface area contributed by atoms with Crippen LogP contribution in [0.4, 0.5) is 0 Å². The third-order valence-corrected chi connectivity index (χ3v) is 4.57. The number of hydrogen-bond donors (Lipinski definition) is 1. The summed E-state index contributed by atoms with van der Waals surface area (Å²) < 4.78 is 4.26. The van der Waals surface area contributed by atoms with Crippen molar-refractivity contribution in [3.63, 3.8) is 0 Å². The van der Waals surface area contributed by atoms with Gasteiger partial charge in [-0.05, 0) is 32.3 Å². The molecule has 1 atom stereocenters. The SMILES string of the molecule is CC(CCn1cccn1)NCc1nncn1C1CCCCC1. The second kappa shape index (κ2) is 7.54. The summed E-state index contributed by atoms with van der Waals surface area (Å²) in [5.41, 5.74) is 0. The van der Waals surface area contributed by atoms with Crippen molar-refractivity contribution in [2.24, 2.45) is 0 Å². The quantitative estimate of drug-likeness (QED) is 0.854. The van der Waals surface area contributed by atoms with Crippen LogP contribution in [0, 0.1) is 0 Å². The third-order valence-electron chi connectivity index (χ3n) is 4.57. The first-order valence-electron chi connectivity index (χ1n) is 8.42. The first kappa shape index (κ1) is 15.2. The fourth-order valence-electron chi connectivity index (χ4n) is 3.18. The zero-order valence-electron chi connectivity index (χ0n) is 13.4. The topological polar surface area (TPSA) is 60.6 Å². The zero-order chi connectivity index (χ0) is 15.2. The van der Waals surface area contributed by atoms with Gasteiger partial charge in [0.1, 0.15) is 12.2 Å². The van der Waals surface area contributed by atoms with Crippen molar-refractivity contribution in [3.8, 4) is 0 Å². The van der Waals surface area contributed by atoms with E-state index in [-0.39, 0.29) is 0 Å². The number of rotatable bonds is 7. The Morgan fingerprint density at radius 2 is 2.18 bits per heavy atom. The van der Waals surface area contributed by atoms with Gasteiger partial charge in [-0.1, -0.05) is 19.3 Å². The van der Waals surface area contributed by atoms with Crippen molar-refractivity contribution in [3.05, 3.63) is 30.6 Å². The maximum Gasteiger partial charge on any atom is 0.147 e. The molecule has 1 N–H and O–H groups in total. The van der Waals surface area contributed by atoms with E-state index in [1.165, 1.54) is 32.1 Å². The van der Waals surface area contributed by atoms with Crippen molar-refractivity contribution in [1.29, 1.82) is 0 Å². The molecule has 6 heteroatoms. The second-order valence-corrected chi connectivity index (χ2v) is 6.29. The number of aromatic nitrogens is 5. The first-order chi connectivity index (χ1) is 10.8.